The fourth-order valence-corrected chi connectivity index (χ4v) is 1.44. The molecule has 2 rings (SSSR count). The van der Waals surface area contributed by atoms with Crippen LogP contribution in [0.2, 0.25) is 0 Å². The maximum Gasteiger partial charge on any atom is 0.345 e. The van der Waals surface area contributed by atoms with E-state index in [1.54, 1.807) is 30.5 Å². The number of hydrogen-bond donors (Lipinski definition) is 0. The molecule has 0 aliphatic rings. The average Bonchev–Trinajstić information content (AvgIpc) is 2.40. The van der Waals surface area contributed by atoms with Crippen LogP contribution in [-0.4, -0.2) is 15.9 Å². The van der Waals surface area contributed by atoms with Gasteiger partial charge in [-0.1, -0.05) is 32.0 Å². The predicted octanol–water partition coefficient (Wildman–Crippen LogP) is 2.82. The van der Waals surface area contributed by atoms with Crippen molar-refractivity contribution >= 4 is 5.97 Å². The highest BCUT2D eigenvalue weighted by Crippen LogP contribution is 2.13. The molecule has 1 aromatic heterocycles. The first-order chi connectivity index (χ1) is 8.66. The molecule has 4 heteroatoms. The third-order valence-corrected chi connectivity index (χ3v) is 2.44. The van der Waals surface area contributed by atoms with E-state index in [-0.39, 0.29) is 11.9 Å². The van der Waals surface area contributed by atoms with E-state index < -0.39 is 5.97 Å². The zero-order chi connectivity index (χ0) is 13.0. The zero-order valence-corrected chi connectivity index (χ0v) is 10.3. The van der Waals surface area contributed by atoms with Crippen molar-refractivity contribution in [2.45, 2.75) is 19.8 Å². The molecule has 2 aromatic rings. The van der Waals surface area contributed by atoms with Crippen molar-refractivity contribution < 1.29 is 9.53 Å². The lowest BCUT2D eigenvalue weighted by atomic mass is 10.1. The SMILES string of the molecule is CC(C)c1ccnc(OC(=O)c2ccccc2)n1. The zero-order valence-electron chi connectivity index (χ0n) is 10.3. The first-order valence-corrected chi connectivity index (χ1v) is 5.77. The molecule has 1 heterocycles. The molecular formula is C14H14N2O2. The standard InChI is InChI=1S/C14H14N2O2/c1-10(2)12-8-9-15-14(16-12)18-13(17)11-6-4-3-5-7-11/h3-10H,1-2H3. The number of carbonyl (C=O) groups excluding carboxylic acids is 1. The van der Waals surface area contributed by atoms with Crippen LogP contribution >= 0.6 is 0 Å². The van der Waals surface area contributed by atoms with Crippen LogP contribution in [0.3, 0.4) is 0 Å². The molecule has 0 atom stereocenters. The van der Waals surface area contributed by atoms with Gasteiger partial charge in [-0.2, -0.15) is 4.98 Å². The first-order valence-electron chi connectivity index (χ1n) is 5.77. The fraction of sp³-hybridized carbons (Fsp3) is 0.214. The number of hydrogen-bond acceptors (Lipinski definition) is 4. The number of aromatic nitrogens is 2. The van der Waals surface area contributed by atoms with Crippen LogP contribution in [0.15, 0.2) is 42.6 Å². The number of esters is 1. The normalized spacial score (nSPS) is 10.4. The summed E-state index contributed by atoms with van der Waals surface area (Å²) in [6.45, 7) is 4.04. The van der Waals surface area contributed by atoms with Crippen molar-refractivity contribution in [2.75, 3.05) is 0 Å². The average molecular weight is 242 g/mol. The second kappa shape index (κ2) is 5.40. The molecule has 0 radical (unpaired) electrons. The highest BCUT2D eigenvalue weighted by Gasteiger charge is 2.11. The van der Waals surface area contributed by atoms with Crippen molar-refractivity contribution in [3.8, 4) is 6.01 Å². The van der Waals surface area contributed by atoms with Gasteiger partial charge in [-0.25, -0.2) is 9.78 Å². The lowest BCUT2D eigenvalue weighted by Crippen LogP contribution is -2.11. The van der Waals surface area contributed by atoms with Crippen molar-refractivity contribution in [1.82, 2.24) is 9.97 Å². The Morgan fingerprint density at radius 2 is 1.89 bits per heavy atom. The molecule has 92 valence electrons. The second-order valence-corrected chi connectivity index (χ2v) is 4.17. The Labute approximate surface area is 106 Å². The van der Waals surface area contributed by atoms with E-state index in [0.717, 1.165) is 5.69 Å². The number of benzene rings is 1. The molecule has 0 saturated carbocycles. The maximum atomic E-state index is 11.8. The minimum absolute atomic E-state index is 0.0926. The lowest BCUT2D eigenvalue weighted by molar-refractivity contribution is 0.0719. The van der Waals surface area contributed by atoms with Gasteiger partial charge in [-0.05, 0) is 24.1 Å². The third-order valence-electron chi connectivity index (χ3n) is 2.44. The molecule has 0 spiro atoms. The molecule has 1 aromatic carbocycles. The van der Waals surface area contributed by atoms with E-state index in [9.17, 15) is 4.79 Å². The van der Waals surface area contributed by atoms with E-state index in [2.05, 4.69) is 9.97 Å². The van der Waals surface area contributed by atoms with Gasteiger partial charge in [-0.15, -0.1) is 0 Å². The van der Waals surface area contributed by atoms with Crippen LogP contribution in [0.25, 0.3) is 0 Å². The molecule has 0 unspecified atom stereocenters. The summed E-state index contributed by atoms with van der Waals surface area (Å²) in [4.78, 5) is 19.9. The Balaban J connectivity index is 2.15. The van der Waals surface area contributed by atoms with E-state index in [4.69, 9.17) is 4.74 Å². The van der Waals surface area contributed by atoms with Gasteiger partial charge in [0.25, 0.3) is 0 Å². The van der Waals surface area contributed by atoms with Gasteiger partial charge in [0.2, 0.25) is 0 Å². The number of ether oxygens (including phenoxy) is 1. The van der Waals surface area contributed by atoms with Crippen LogP contribution in [0.4, 0.5) is 0 Å². The Bertz CT molecular complexity index is 539. The van der Waals surface area contributed by atoms with E-state index in [1.807, 2.05) is 26.0 Å². The highest BCUT2D eigenvalue weighted by molar-refractivity contribution is 5.90. The Morgan fingerprint density at radius 3 is 2.56 bits per heavy atom. The van der Waals surface area contributed by atoms with Crippen LogP contribution < -0.4 is 4.74 Å². The molecule has 0 aliphatic carbocycles. The summed E-state index contributed by atoms with van der Waals surface area (Å²) in [5.74, 6) is -0.182. The van der Waals surface area contributed by atoms with Gasteiger partial charge in [0.05, 0.1) is 11.3 Å². The van der Waals surface area contributed by atoms with Gasteiger partial charge in [-0.3, -0.25) is 0 Å². The molecule has 0 aliphatic heterocycles. The summed E-state index contributed by atoms with van der Waals surface area (Å²) in [6, 6.07) is 10.7. The van der Waals surface area contributed by atoms with E-state index in [1.165, 1.54) is 0 Å². The van der Waals surface area contributed by atoms with Crippen molar-refractivity contribution in [1.29, 1.82) is 0 Å². The van der Waals surface area contributed by atoms with E-state index in [0.29, 0.717) is 5.56 Å². The van der Waals surface area contributed by atoms with Crippen molar-refractivity contribution in [3.63, 3.8) is 0 Å². The fourth-order valence-electron chi connectivity index (χ4n) is 1.44. The van der Waals surface area contributed by atoms with Crippen molar-refractivity contribution in [3.05, 3.63) is 53.9 Å². The van der Waals surface area contributed by atoms with Crippen LogP contribution in [0.1, 0.15) is 35.8 Å². The maximum absolute atomic E-state index is 11.8. The second-order valence-electron chi connectivity index (χ2n) is 4.17. The molecule has 0 N–H and O–H groups in total. The van der Waals surface area contributed by atoms with Crippen molar-refractivity contribution in [2.24, 2.45) is 0 Å². The lowest BCUT2D eigenvalue weighted by Gasteiger charge is -2.06. The summed E-state index contributed by atoms with van der Waals surface area (Å²) in [7, 11) is 0. The quantitative estimate of drug-likeness (QED) is 0.776. The summed E-state index contributed by atoms with van der Waals surface area (Å²) in [5, 5.41) is 0. The minimum Gasteiger partial charge on any atom is -0.387 e. The first kappa shape index (κ1) is 12.2. The summed E-state index contributed by atoms with van der Waals surface area (Å²) >= 11 is 0. The van der Waals surface area contributed by atoms with E-state index >= 15 is 0 Å². The predicted molar refractivity (Wildman–Crippen MR) is 67.5 cm³/mol. The molecule has 4 nitrogen and oxygen atoms in total. The molecule has 0 amide bonds. The highest BCUT2D eigenvalue weighted by atomic mass is 16.5. The van der Waals surface area contributed by atoms with Gasteiger partial charge < -0.3 is 4.74 Å². The van der Waals surface area contributed by atoms with Gasteiger partial charge in [0.1, 0.15) is 0 Å². The third kappa shape index (κ3) is 2.91. The number of nitrogens with zero attached hydrogens (tertiary/aromatic N) is 2. The van der Waals surface area contributed by atoms with Gasteiger partial charge in [0, 0.05) is 6.20 Å². The summed E-state index contributed by atoms with van der Waals surface area (Å²) in [6.07, 6.45) is 1.59. The van der Waals surface area contributed by atoms with Gasteiger partial charge >= 0.3 is 12.0 Å². The number of carbonyl (C=O) groups is 1. The largest absolute Gasteiger partial charge is 0.387 e. The smallest absolute Gasteiger partial charge is 0.345 e. The molecular weight excluding hydrogens is 228 g/mol. The van der Waals surface area contributed by atoms with Gasteiger partial charge in [0.15, 0.2) is 0 Å². The van der Waals surface area contributed by atoms with Crippen LogP contribution in [-0.2, 0) is 0 Å². The minimum atomic E-state index is -0.448. The van der Waals surface area contributed by atoms with Crippen LogP contribution in [0.5, 0.6) is 6.01 Å². The van der Waals surface area contributed by atoms with Crippen LogP contribution in [0, 0.1) is 0 Å². The Kier molecular flexibility index (Phi) is 3.67. The topological polar surface area (TPSA) is 52.1 Å². The molecule has 18 heavy (non-hydrogen) atoms. The Hall–Kier alpha value is -2.23. The molecule has 0 bridgehead atoms. The monoisotopic (exact) mass is 242 g/mol. The Morgan fingerprint density at radius 1 is 1.17 bits per heavy atom. The summed E-state index contributed by atoms with van der Waals surface area (Å²) in [5.41, 5.74) is 1.33. The number of rotatable bonds is 3. The summed E-state index contributed by atoms with van der Waals surface area (Å²) < 4.78 is 5.13. The molecule has 0 fully saturated rings. The molecule has 0 saturated heterocycles.